The van der Waals surface area contributed by atoms with Gasteiger partial charge in [0.15, 0.2) is 0 Å². The summed E-state index contributed by atoms with van der Waals surface area (Å²) in [5.74, 6) is 0.724. The summed E-state index contributed by atoms with van der Waals surface area (Å²) in [6, 6.07) is 1.09. The molecule has 15 heavy (non-hydrogen) atoms. The van der Waals surface area contributed by atoms with Crippen LogP contribution in [0.4, 0.5) is 0 Å². The minimum absolute atomic E-state index is 0.390. The lowest BCUT2D eigenvalue weighted by molar-refractivity contribution is 0.213. The molecule has 1 aliphatic carbocycles. The Bertz CT molecular complexity index is 187. The first kappa shape index (κ1) is 13.0. The summed E-state index contributed by atoms with van der Waals surface area (Å²) in [4.78, 5) is 0. The molecule has 0 saturated heterocycles. The number of hydrogen-bond donors (Lipinski definition) is 2. The first-order chi connectivity index (χ1) is 6.92. The Kier molecular flexibility index (Phi) is 4.60. The van der Waals surface area contributed by atoms with Crippen molar-refractivity contribution in [2.45, 2.75) is 65.5 Å². The fourth-order valence-corrected chi connectivity index (χ4v) is 2.02. The average Bonchev–Trinajstić information content (AvgIpc) is 2.15. The fourth-order valence-electron chi connectivity index (χ4n) is 2.02. The van der Waals surface area contributed by atoms with Crippen molar-refractivity contribution in [2.75, 3.05) is 6.54 Å². The van der Waals surface area contributed by atoms with Crippen molar-refractivity contribution in [3.8, 4) is 0 Å². The number of rotatable bonds is 4. The molecule has 0 aromatic carbocycles. The second-order valence-corrected chi connectivity index (χ2v) is 6.15. The summed E-state index contributed by atoms with van der Waals surface area (Å²) in [5.41, 5.74) is 6.37. The minimum atomic E-state index is 0.390. The van der Waals surface area contributed by atoms with Gasteiger partial charge in [0.05, 0.1) is 0 Å². The van der Waals surface area contributed by atoms with Crippen LogP contribution in [0, 0.1) is 11.3 Å². The molecule has 1 fully saturated rings. The third-order valence-electron chi connectivity index (χ3n) is 4.12. The first-order valence-electron chi connectivity index (χ1n) is 6.41. The van der Waals surface area contributed by atoms with Crippen LogP contribution in [0.3, 0.4) is 0 Å². The molecule has 0 heterocycles. The highest BCUT2D eigenvalue weighted by molar-refractivity contribution is 4.83. The maximum atomic E-state index is 5.98. The molecule has 0 aliphatic heterocycles. The van der Waals surface area contributed by atoms with E-state index in [1.54, 1.807) is 0 Å². The van der Waals surface area contributed by atoms with Gasteiger partial charge in [0.2, 0.25) is 0 Å². The van der Waals surface area contributed by atoms with Gasteiger partial charge in [-0.2, -0.15) is 0 Å². The van der Waals surface area contributed by atoms with E-state index in [9.17, 15) is 0 Å². The molecule has 90 valence electrons. The molecule has 0 radical (unpaired) electrons. The Labute approximate surface area is 95.0 Å². The first-order valence-corrected chi connectivity index (χ1v) is 6.41. The standard InChI is InChI=1S/C13H28N2/c1-10(2)13(3,4)9-15-12-7-5-6-11(14)8-12/h10-12,15H,5-9,14H2,1-4H3. The van der Waals surface area contributed by atoms with Crippen molar-refractivity contribution in [3.63, 3.8) is 0 Å². The van der Waals surface area contributed by atoms with Gasteiger partial charge < -0.3 is 11.1 Å². The van der Waals surface area contributed by atoms with Gasteiger partial charge in [-0.3, -0.25) is 0 Å². The van der Waals surface area contributed by atoms with Crippen LogP contribution in [0.25, 0.3) is 0 Å². The smallest absolute Gasteiger partial charge is 0.00820 e. The second kappa shape index (κ2) is 5.31. The summed E-state index contributed by atoms with van der Waals surface area (Å²) in [6.45, 7) is 10.4. The molecule has 0 bridgehead atoms. The van der Waals surface area contributed by atoms with Gasteiger partial charge in [0, 0.05) is 18.6 Å². The molecule has 2 atom stereocenters. The van der Waals surface area contributed by atoms with E-state index in [2.05, 4.69) is 33.0 Å². The third-order valence-corrected chi connectivity index (χ3v) is 4.12. The van der Waals surface area contributed by atoms with E-state index in [4.69, 9.17) is 5.73 Å². The molecule has 3 N–H and O–H groups in total. The molecule has 2 heteroatoms. The summed E-state index contributed by atoms with van der Waals surface area (Å²) in [6.07, 6.45) is 4.97. The SMILES string of the molecule is CC(C)C(C)(C)CNC1CCCC(N)C1. The Balaban J connectivity index is 2.30. The van der Waals surface area contributed by atoms with Crippen LogP contribution in [0.5, 0.6) is 0 Å². The molecular weight excluding hydrogens is 184 g/mol. The molecule has 0 spiro atoms. The molecule has 1 aliphatic rings. The largest absolute Gasteiger partial charge is 0.328 e. The monoisotopic (exact) mass is 212 g/mol. The minimum Gasteiger partial charge on any atom is -0.328 e. The predicted molar refractivity (Wildman–Crippen MR) is 66.9 cm³/mol. The average molecular weight is 212 g/mol. The lowest BCUT2D eigenvalue weighted by Gasteiger charge is -2.34. The predicted octanol–water partition coefficient (Wildman–Crippen LogP) is 2.53. The quantitative estimate of drug-likeness (QED) is 0.751. The zero-order valence-electron chi connectivity index (χ0n) is 10.8. The van der Waals surface area contributed by atoms with Crippen LogP contribution in [-0.4, -0.2) is 18.6 Å². The van der Waals surface area contributed by atoms with Crippen molar-refractivity contribution >= 4 is 0 Å². The van der Waals surface area contributed by atoms with E-state index in [1.165, 1.54) is 19.3 Å². The summed E-state index contributed by atoms with van der Waals surface area (Å²) < 4.78 is 0. The molecule has 1 saturated carbocycles. The molecule has 0 aromatic heterocycles. The van der Waals surface area contributed by atoms with Crippen molar-refractivity contribution in [3.05, 3.63) is 0 Å². The molecule has 2 unspecified atom stereocenters. The van der Waals surface area contributed by atoms with Crippen molar-refractivity contribution in [2.24, 2.45) is 17.1 Å². The summed E-state index contributed by atoms with van der Waals surface area (Å²) >= 11 is 0. The number of hydrogen-bond acceptors (Lipinski definition) is 2. The molecule has 2 nitrogen and oxygen atoms in total. The van der Waals surface area contributed by atoms with E-state index in [-0.39, 0.29) is 0 Å². The van der Waals surface area contributed by atoms with Crippen molar-refractivity contribution < 1.29 is 0 Å². The summed E-state index contributed by atoms with van der Waals surface area (Å²) in [7, 11) is 0. The highest BCUT2D eigenvalue weighted by Gasteiger charge is 2.25. The van der Waals surface area contributed by atoms with Gasteiger partial charge in [0.1, 0.15) is 0 Å². The normalized spacial score (nSPS) is 28.4. The van der Waals surface area contributed by atoms with Gasteiger partial charge in [-0.1, -0.05) is 34.1 Å². The Hall–Kier alpha value is -0.0800. The Morgan fingerprint density at radius 1 is 1.33 bits per heavy atom. The zero-order chi connectivity index (χ0) is 11.5. The molecule has 1 rings (SSSR count). The fraction of sp³-hybridized carbons (Fsp3) is 1.00. The van der Waals surface area contributed by atoms with Gasteiger partial charge in [-0.25, -0.2) is 0 Å². The summed E-state index contributed by atoms with van der Waals surface area (Å²) in [5, 5.41) is 3.69. The van der Waals surface area contributed by atoms with E-state index in [0.717, 1.165) is 18.9 Å². The third kappa shape index (κ3) is 4.12. The van der Waals surface area contributed by atoms with Crippen LogP contribution >= 0.6 is 0 Å². The number of nitrogens with two attached hydrogens (primary N) is 1. The van der Waals surface area contributed by atoms with Gasteiger partial charge in [0.25, 0.3) is 0 Å². The Morgan fingerprint density at radius 3 is 2.53 bits per heavy atom. The lowest BCUT2D eigenvalue weighted by Crippen LogP contribution is -2.44. The van der Waals surface area contributed by atoms with Gasteiger partial charge in [-0.15, -0.1) is 0 Å². The van der Waals surface area contributed by atoms with E-state index in [0.29, 0.717) is 17.5 Å². The van der Waals surface area contributed by atoms with Crippen molar-refractivity contribution in [1.29, 1.82) is 0 Å². The molecule has 0 aromatic rings. The van der Waals surface area contributed by atoms with E-state index < -0.39 is 0 Å². The van der Waals surface area contributed by atoms with E-state index in [1.807, 2.05) is 0 Å². The van der Waals surface area contributed by atoms with Crippen LogP contribution in [0.2, 0.25) is 0 Å². The highest BCUT2D eigenvalue weighted by Crippen LogP contribution is 2.26. The maximum Gasteiger partial charge on any atom is 0.00820 e. The van der Waals surface area contributed by atoms with Crippen LogP contribution in [-0.2, 0) is 0 Å². The van der Waals surface area contributed by atoms with Crippen molar-refractivity contribution in [1.82, 2.24) is 5.32 Å². The zero-order valence-corrected chi connectivity index (χ0v) is 10.8. The second-order valence-electron chi connectivity index (χ2n) is 6.15. The topological polar surface area (TPSA) is 38.0 Å². The number of nitrogens with one attached hydrogen (secondary N) is 1. The van der Waals surface area contributed by atoms with Crippen LogP contribution < -0.4 is 11.1 Å². The highest BCUT2D eigenvalue weighted by atomic mass is 14.9. The van der Waals surface area contributed by atoms with Gasteiger partial charge >= 0.3 is 0 Å². The van der Waals surface area contributed by atoms with Gasteiger partial charge in [-0.05, 0) is 30.6 Å². The maximum absolute atomic E-state index is 5.98. The Morgan fingerprint density at radius 2 is 2.00 bits per heavy atom. The van der Waals surface area contributed by atoms with E-state index >= 15 is 0 Å². The molecular formula is C13H28N2. The lowest BCUT2D eigenvalue weighted by atomic mass is 9.80. The van der Waals surface area contributed by atoms with Crippen LogP contribution in [0.1, 0.15) is 53.4 Å². The molecule has 0 amide bonds. The van der Waals surface area contributed by atoms with Crippen LogP contribution in [0.15, 0.2) is 0 Å².